The van der Waals surface area contributed by atoms with Gasteiger partial charge in [-0.1, -0.05) is 0 Å². The van der Waals surface area contributed by atoms with E-state index in [1.165, 1.54) is 6.20 Å². The van der Waals surface area contributed by atoms with Gasteiger partial charge in [-0.3, -0.25) is 4.79 Å². The SMILES string of the molecule is O=C(NCC1CNCCO1)c1cn[nH]n1. The first kappa shape index (κ1) is 10.1. The molecule has 2 heterocycles. The quantitative estimate of drug-likeness (QED) is 0.567. The average Bonchev–Trinajstić information content (AvgIpc) is 2.81. The van der Waals surface area contributed by atoms with E-state index >= 15 is 0 Å². The van der Waals surface area contributed by atoms with Crippen LogP contribution in [0.2, 0.25) is 0 Å². The highest BCUT2D eigenvalue weighted by Crippen LogP contribution is 1.95. The molecule has 0 saturated carbocycles. The number of carbonyl (C=O) groups excluding carboxylic acids is 1. The second-order valence-corrected chi connectivity index (χ2v) is 3.26. The molecule has 0 aliphatic carbocycles. The summed E-state index contributed by atoms with van der Waals surface area (Å²) in [6, 6.07) is 0. The van der Waals surface area contributed by atoms with Crippen molar-refractivity contribution in [3.05, 3.63) is 11.9 Å². The van der Waals surface area contributed by atoms with Crippen molar-refractivity contribution in [1.82, 2.24) is 26.0 Å². The lowest BCUT2D eigenvalue weighted by Crippen LogP contribution is -2.45. The molecule has 1 aliphatic rings. The summed E-state index contributed by atoms with van der Waals surface area (Å²) in [5.41, 5.74) is 0.291. The highest BCUT2D eigenvalue weighted by molar-refractivity contribution is 5.91. The number of hydrogen-bond donors (Lipinski definition) is 3. The fraction of sp³-hybridized carbons (Fsp3) is 0.625. The molecule has 1 amide bonds. The molecule has 1 unspecified atom stereocenters. The predicted octanol–water partition coefficient (Wildman–Crippen LogP) is -1.48. The summed E-state index contributed by atoms with van der Waals surface area (Å²) in [5, 5.41) is 15.5. The molecular weight excluding hydrogens is 198 g/mol. The zero-order valence-electron chi connectivity index (χ0n) is 8.19. The van der Waals surface area contributed by atoms with E-state index in [1.807, 2.05) is 0 Å². The van der Waals surface area contributed by atoms with Crippen molar-refractivity contribution in [2.75, 3.05) is 26.2 Å². The summed E-state index contributed by atoms with van der Waals surface area (Å²) in [5.74, 6) is -0.238. The molecule has 82 valence electrons. The Morgan fingerprint density at radius 3 is 3.33 bits per heavy atom. The molecule has 7 heteroatoms. The van der Waals surface area contributed by atoms with Gasteiger partial charge in [-0.2, -0.15) is 15.4 Å². The normalized spacial score (nSPS) is 21.2. The van der Waals surface area contributed by atoms with Crippen molar-refractivity contribution in [3.63, 3.8) is 0 Å². The van der Waals surface area contributed by atoms with Crippen molar-refractivity contribution in [1.29, 1.82) is 0 Å². The summed E-state index contributed by atoms with van der Waals surface area (Å²) < 4.78 is 5.42. The van der Waals surface area contributed by atoms with Gasteiger partial charge in [0.2, 0.25) is 0 Å². The van der Waals surface area contributed by atoms with Crippen molar-refractivity contribution in [3.8, 4) is 0 Å². The Kier molecular flexibility index (Phi) is 3.25. The molecule has 0 bridgehead atoms. The number of nitrogens with one attached hydrogen (secondary N) is 3. The van der Waals surface area contributed by atoms with Gasteiger partial charge in [0, 0.05) is 19.6 Å². The van der Waals surface area contributed by atoms with Gasteiger partial charge in [-0.15, -0.1) is 0 Å². The van der Waals surface area contributed by atoms with E-state index in [0.717, 1.165) is 13.1 Å². The standard InChI is InChI=1S/C8H13N5O2/c14-8(7-5-11-13-12-7)10-4-6-3-9-1-2-15-6/h5-6,9H,1-4H2,(H,10,14)(H,11,12,13). The van der Waals surface area contributed by atoms with Crippen LogP contribution in [0.5, 0.6) is 0 Å². The van der Waals surface area contributed by atoms with Gasteiger partial charge >= 0.3 is 0 Å². The van der Waals surface area contributed by atoms with Crippen molar-refractivity contribution < 1.29 is 9.53 Å². The zero-order valence-corrected chi connectivity index (χ0v) is 8.19. The Balaban J connectivity index is 1.75. The van der Waals surface area contributed by atoms with E-state index in [-0.39, 0.29) is 12.0 Å². The molecule has 1 aromatic rings. The van der Waals surface area contributed by atoms with Crippen LogP contribution in [0, 0.1) is 0 Å². The lowest BCUT2D eigenvalue weighted by atomic mass is 10.3. The zero-order chi connectivity index (χ0) is 10.5. The molecule has 1 fully saturated rings. The van der Waals surface area contributed by atoms with Crippen LogP contribution in [-0.2, 0) is 4.74 Å². The lowest BCUT2D eigenvalue weighted by molar-refractivity contribution is 0.0286. The smallest absolute Gasteiger partial charge is 0.273 e. The minimum atomic E-state index is -0.238. The molecule has 15 heavy (non-hydrogen) atoms. The third-order valence-electron chi connectivity index (χ3n) is 2.14. The third kappa shape index (κ3) is 2.74. The lowest BCUT2D eigenvalue weighted by Gasteiger charge is -2.23. The second-order valence-electron chi connectivity index (χ2n) is 3.26. The van der Waals surface area contributed by atoms with Crippen molar-refractivity contribution >= 4 is 5.91 Å². The fourth-order valence-electron chi connectivity index (χ4n) is 1.36. The summed E-state index contributed by atoms with van der Waals surface area (Å²) in [6.07, 6.45) is 1.42. The van der Waals surface area contributed by atoms with Gasteiger partial charge in [0.15, 0.2) is 5.69 Å². The monoisotopic (exact) mass is 211 g/mol. The minimum absolute atomic E-state index is 0.0367. The van der Waals surface area contributed by atoms with Crippen molar-refractivity contribution in [2.45, 2.75) is 6.10 Å². The van der Waals surface area contributed by atoms with E-state index in [9.17, 15) is 4.79 Å². The maximum atomic E-state index is 11.4. The molecule has 7 nitrogen and oxygen atoms in total. The number of carbonyl (C=O) groups is 1. The van der Waals surface area contributed by atoms with E-state index < -0.39 is 0 Å². The second kappa shape index (κ2) is 4.85. The van der Waals surface area contributed by atoms with Crippen LogP contribution in [0.15, 0.2) is 6.20 Å². The molecule has 1 saturated heterocycles. The number of amides is 1. The van der Waals surface area contributed by atoms with Crippen LogP contribution in [0.25, 0.3) is 0 Å². The Morgan fingerprint density at radius 2 is 2.67 bits per heavy atom. The number of ether oxygens (including phenoxy) is 1. The van der Waals surface area contributed by atoms with Crippen molar-refractivity contribution in [2.24, 2.45) is 0 Å². The number of H-pyrrole nitrogens is 1. The average molecular weight is 211 g/mol. The van der Waals surface area contributed by atoms with Gasteiger partial charge in [0.05, 0.1) is 18.9 Å². The van der Waals surface area contributed by atoms with E-state index in [2.05, 4.69) is 26.0 Å². The third-order valence-corrected chi connectivity index (χ3v) is 2.14. The van der Waals surface area contributed by atoms with Crippen LogP contribution in [-0.4, -0.2) is 53.7 Å². The molecule has 1 aromatic heterocycles. The van der Waals surface area contributed by atoms with E-state index in [4.69, 9.17) is 4.74 Å². The molecule has 2 rings (SSSR count). The number of hydrogen-bond acceptors (Lipinski definition) is 5. The largest absolute Gasteiger partial charge is 0.374 e. The Hall–Kier alpha value is -1.47. The van der Waals surface area contributed by atoms with Crippen LogP contribution < -0.4 is 10.6 Å². The Labute approximate surface area is 86.6 Å². The first-order valence-corrected chi connectivity index (χ1v) is 4.82. The first-order chi connectivity index (χ1) is 7.36. The maximum absolute atomic E-state index is 11.4. The van der Waals surface area contributed by atoms with Gasteiger partial charge in [-0.25, -0.2) is 0 Å². The highest BCUT2D eigenvalue weighted by atomic mass is 16.5. The predicted molar refractivity (Wildman–Crippen MR) is 51.3 cm³/mol. The van der Waals surface area contributed by atoms with Gasteiger partial charge in [0.1, 0.15) is 0 Å². The molecule has 0 radical (unpaired) electrons. The number of morpholine rings is 1. The number of aromatic amines is 1. The Morgan fingerprint density at radius 1 is 1.73 bits per heavy atom. The van der Waals surface area contributed by atoms with Crippen LogP contribution in [0.3, 0.4) is 0 Å². The van der Waals surface area contributed by atoms with E-state index in [0.29, 0.717) is 18.8 Å². The molecule has 0 aromatic carbocycles. The molecule has 3 N–H and O–H groups in total. The Bertz CT molecular complexity index is 307. The molecule has 0 spiro atoms. The highest BCUT2D eigenvalue weighted by Gasteiger charge is 2.15. The van der Waals surface area contributed by atoms with E-state index in [1.54, 1.807) is 0 Å². The summed E-state index contributed by atoms with van der Waals surface area (Å²) in [4.78, 5) is 11.4. The fourth-order valence-corrected chi connectivity index (χ4v) is 1.36. The molecular formula is C8H13N5O2. The van der Waals surface area contributed by atoms with Crippen LogP contribution >= 0.6 is 0 Å². The maximum Gasteiger partial charge on any atom is 0.273 e. The van der Waals surface area contributed by atoms with Gasteiger partial charge in [-0.05, 0) is 0 Å². The topological polar surface area (TPSA) is 91.9 Å². The first-order valence-electron chi connectivity index (χ1n) is 4.82. The molecule has 1 atom stereocenters. The number of rotatable bonds is 3. The minimum Gasteiger partial charge on any atom is -0.374 e. The number of aromatic nitrogens is 3. The van der Waals surface area contributed by atoms with Gasteiger partial charge < -0.3 is 15.4 Å². The summed E-state index contributed by atoms with van der Waals surface area (Å²) >= 11 is 0. The van der Waals surface area contributed by atoms with Crippen LogP contribution in [0.1, 0.15) is 10.5 Å². The summed E-state index contributed by atoms with van der Waals surface area (Å²) in [6.45, 7) is 2.80. The summed E-state index contributed by atoms with van der Waals surface area (Å²) in [7, 11) is 0. The van der Waals surface area contributed by atoms with Gasteiger partial charge in [0.25, 0.3) is 5.91 Å². The molecule has 1 aliphatic heterocycles. The van der Waals surface area contributed by atoms with Crippen LogP contribution in [0.4, 0.5) is 0 Å². The number of nitrogens with zero attached hydrogens (tertiary/aromatic N) is 2.